The molecule has 0 N–H and O–H groups in total. The van der Waals surface area contributed by atoms with E-state index in [1.807, 2.05) is 22.7 Å². The van der Waals surface area contributed by atoms with Gasteiger partial charge in [0.2, 0.25) is 4.96 Å². The monoisotopic (exact) mass is 298 g/mol. The van der Waals surface area contributed by atoms with E-state index in [2.05, 4.69) is 34.5 Å². The van der Waals surface area contributed by atoms with Crippen molar-refractivity contribution in [2.45, 2.75) is 6.92 Å². The molecule has 0 aliphatic rings. The Morgan fingerprint density at radius 2 is 2.00 bits per heavy atom. The van der Waals surface area contributed by atoms with E-state index in [4.69, 9.17) is 4.98 Å². The molecule has 0 amide bonds. The van der Waals surface area contributed by atoms with Crippen LogP contribution in [0, 0.1) is 6.92 Å². The predicted octanol–water partition coefficient (Wildman–Crippen LogP) is 3.89. The Balaban J connectivity index is 1.82. The number of hydrogen-bond donors (Lipinski definition) is 0. The zero-order valence-electron chi connectivity index (χ0n) is 10.6. The average Bonchev–Trinajstić information content (AvgIpc) is 3.18. The molecule has 1 aromatic carbocycles. The molecule has 0 aliphatic carbocycles. The van der Waals surface area contributed by atoms with Crippen LogP contribution in [0.5, 0.6) is 0 Å². The second kappa shape index (κ2) is 4.50. The lowest BCUT2D eigenvalue weighted by Gasteiger charge is -1.95. The summed E-state index contributed by atoms with van der Waals surface area (Å²) in [6, 6.07) is 10.2. The molecule has 0 atom stereocenters. The van der Waals surface area contributed by atoms with Crippen LogP contribution in [-0.4, -0.2) is 19.6 Å². The summed E-state index contributed by atoms with van der Waals surface area (Å²) < 4.78 is 1.86. The highest BCUT2D eigenvalue weighted by atomic mass is 32.1. The van der Waals surface area contributed by atoms with Gasteiger partial charge in [-0.25, -0.2) is 14.5 Å². The van der Waals surface area contributed by atoms with Gasteiger partial charge < -0.3 is 0 Å². The molecule has 0 fully saturated rings. The molecule has 4 aromatic rings. The van der Waals surface area contributed by atoms with Crippen LogP contribution in [0.1, 0.15) is 5.69 Å². The molecule has 4 nitrogen and oxygen atoms in total. The van der Waals surface area contributed by atoms with Crippen molar-refractivity contribution in [1.82, 2.24) is 19.6 Å². The fraction of sp³-hybridized carbons (Fsp3) is 0.0714. The average molecular weight is 298 g/mol. The number of thiazole rings is 2. The van der Waals surface area contributed by atoms with Crippen LogP contribution < -0.4 is 0 Å². The standard InChI is InChI=1S/C14H10N4S2/c1-9-12(20-14-15-8-16-18(9)14)11-7-19-13(17-11)10-5-3-2-4-6-10/h2-8H,1H3. The quantitative estimate of drug-likeness (QED) is 0.564. The van der Waals surface area contributed by atoms with Gasteiger partial charge in [-0.15, -0.1) is 11.3 Å². The number of fused-ring (bicyclic) bond motifs is 1. The number of benzene rings is 1. The molecule has 0 spiro atoms. The summed E-state index contributed by atoms with van der Waals surface area (Å²) >= 11 is 3.29. The molecule has 6 heteroatoms. The minimum Gasteiger partial charge on any atom is -0.235 e. The Morgan fingerprint density at radius 3 is 2.80 bits per heavy atom. The summed E-state index contributed by atoms with van der Waals surface area (Å²) in [6.07, 6.45) is 1.58. The van der Waals surface area contributed by atoms with E-state index in [0.717, 1.165) is 31.8 Å². The third-order valence-electron chi connectivity index (χ3n) is 3.11. The van der Waals surface area contributed by atoms with Gasteiger partial charge in [-0.1, -0.05) is 41.7 Å². The van der Waals surface area contributed by atoms with E-state index in [1.165, 1.54) is 0 Å². The van der Waals surface area contributed by atoms with Gasteiger partial charge in [-0.3, -0.25) is 0 Å². The Hall–Kier alpha value is -2.05. The zero-order chi connectivity index (χ0) is 13.5. The van der Waals surface area contributed by atoms with Crippen LogP contribution in [-0.2, 0) is 0 Å². The molecule has 0 unspecified atom stereocenters. The number of hydrogen-bond acceptors (Lipinski definition) is 5. The van der Waals surface area contributed by atoms with Crippen LogP contribution in [0.4, 0.5) is 0 Å². The van der Waals surface area contributed by atoms with Gasteiger partial charge in [0.1, 0.15) is 11.3 Å². The molecule has 98 valence electrons. The topological polar surface area (TPSA) is 43.1 Å². The smallest absolute Gasteiger partial charge is 0.212 e. The zero-order valence-corrected chi connectivity index (χ0v) is 12.3. The van der Waals surface area contributed by atoms with Crippen molar-refractivity contribution in [2.75, 3.05) is 0 Å². The fourth-order valence-corrected chi connectivity index (χ4v) is 4.01. The number of aryl methyl sites for hydroxylation is 1. The maximum atomic E-state index is 4.75. The summed E-state index contributed by atoms with van der Waals surface area (Å²) in [5.74, 6) is 0. The molecule has 0 radical (unpaired) electrons. The third-order valence-corrected chi connectivity index (χ3v) is 5.17. The first-order chi connectivity index (χ1) is 9.83. The van der Waals surface area contributed by atoms with Gasteiger partial charge in [-0.2, -0.15) is 5.10 Å². The molecule has 0 aliphatic heterocycles. The van der Waals surface area contributed by atoms with Crippen molar-refractivity contribution in [1.29, 1.82) is 0 Å². The minimum atomic E-state index is 0.909. The van der Waals surface area contributed by atoms with Gasteiger partial charge in [-0.05, 0) is 6.92 Å². The van der Waals surface area contributed by atoms with Gasteiger partial charge in [0.15, 0.2) is 0 Å². The summed E-state index contributed by atoms with van der Waals surface area (Å²) in [6.45, 7) is 2.05. The molecular formula is C14H10N4S2. The van der Waals surface area contributed by atoms with Crippen LogP contribution in [0.2, 0.25) is 0 Å². The maximum absolute atomic E-state index is 4.75. The van der Waals surface area contributed by atoms with E-state index in [9.17, 15) is 0 Å². The second-order valence-corrected chi connectivity index (χ2v) is 6.21. The fourth-order valence-electron chi connectivity index (χ4n) is 2.12. The molecule has 20 heavy (non-hydrogen) atoms. The van der Waals surface area contributed by atoms with Crippen LogP contribution >= 0.6 is 22.7 Å². The highest BCUT2D eigenvalue weighted by Crippen LogP contribution is 2.34. The van der Waals surface area contributed by atoms with Gasteiger partial charge in [0, 0.05) is 10.9 Å². The van der Waals surface area contributed by atoms with E-state index >= 15 is 0 Å². The number of aromatic nitrogens is 4. The minimum absolute atomic E-state index is 0.909. The summed E-state index contributed by atoms with van der Waals surface area (Å²) in [5, 5.41) is 7.36. The van der Waals surface area contributed by atoms with Crippen LogP contribution in [0.3, 0.4) is 0 Å². The van der Waals surface area contributed by atoms with E-state index < -0.39 is 0 Å². The Bertz CT molecular complexity index is 873. The number of nitrogens with zero attached hydrogens (tertiary/aromatic N) is 4. The highest BCUT2D eigenvalue weighted by Gasteiger charge is 2.15. The molecular weight excluding hydrogens is 288 g/mol. The first-order valence-electron chi connectivity index (χ1n) is 6.13. The summed E-state index contributed by atoms with van der Waals surface area (Å²) in [5.41, 5.74) is 3.25. The van der Waals surface area contributed by atoms with Crippen molar-refractivity contribution in [3.05, 3.63) is 47.7 Å². The lowest BCUT2D eigenvalue weighted by molar-refractivity contribution is 0.933. The van der Waals surface area contributed by atoms with Gasteiger partial charge in [0.05, 0.1) is 16.3 Å². The lowest BCUT2D eigenvalue weighted by Crippen LogP contribution is -1.87. The van der Waals surface area contributed by atoms with E-state index in [-0.39, 0.29) is 0 Å². The molecule has 4 rings (SSSR count). The Labute approximate surface area is 123 Å². The van der Waals surface area contributed by atoms with Crippen molar-refractivity contribution in [3.63, 3.8) is 0 Å². The first-order valence-corrected chi connectivity index (χ1v) is 7.83. The summed E-state index contributed by atoms with van der Waals surface area (Å²) in [4.78, 5) is 11.0. The van der Waals surface area contributed by atoms with Crippen molar-refractivity contribution < 1.29 is 0 Å². The molecule has 3 aromatic heterocycles. The van der Waals surface area contributed by atoms with E-state index in [0.29, 0.717) is 0 Å². The summed E-state index contributed by atoms with van der Waals surface area (Å²) in [7, 11) is 0. The van der Waals surface area contributed by atoms with E-state index in [1.54, 1.807) is 29.0 Å². The maximum Gasteiger partial charge on any atom is 0.212 e. The third kappa shape index (κ3) is 1.76. The van der Waals surface area contributed by atoms with Gasteiger partial charge >= 0.3 is 0 Å². The SMILES string of the molecule is Cc1c(-c2csc(-c3ccccc3)n2)sc2ncnn12. The largest absolute Gasteiger partial charge is 0.235 e. The molecule has 0 saturated carbocycles. The molecule has 3 heterocycles. The van der Waals surface area contributed by atoms with Crippen molar-refractivity contribution in [3.8, 4) is 21.1 Å². The Kier molecular flexibility index (Phi) is 2.64. The van der Waals surface area contributed by atoms with Crippen LogP contribution in [0.15, 0.2) is 42.0 Å². The Morgan fingerprint density at radius 1 is 1.15 bits per heavy atom. The molecule has 0 bridgehead atoms. The second-order valence-electron chi connectivity index (χ2n) is 4.37. The van der Waals surface area contributed by atoms with Gasteiger partial charge in [0.25, 0.3) is 0 Å². The lowest BCUT2D eigenvalue weighted by atomic mass is 10.2. The van der Waals surface area contributed by atoms with Crippen molar-refractivity contribution in [2.24, 2.45) is 0 Å². The molecule has 0 saturated heterocycles. The van der Waals surface area contributed by atoms with Crippen molar-refractivity contribution >= 4 is 27.6 Å². The highest BCUT2D eigenvalue weighted by molar-refractivity contribution is 7.21. The normalized spacial score (nSPS) is 11.2. The predicted molar refractivity (Wildman–Crippen MR) is 82.1 cm³/mol. The van der Waals surface area contributed by atoms with Crippen LogP contribution in [0.25, 0.3) is 26.1 Å². The number of rotatable bonds is 2. The first kappa shape index (κ1) is 11.7.